The second-order valence-electron chi connectivity index (χ2n) is 10.8. The first kappa shape index (κ1) is 29.3. The molecule has 2 unspecified atom stereocenters. The zero-order chi connectivity index (χ0) is 28.4. The second-order valence-corrected chi connectivity index (χ2v) is 11.2. The Bertz CT molecular complexity index is 1110. The fraction of sp³-hybridized carbons (Fsp3) is 0.567. The molecule has 2 bridgehead atoms. The van der Waals surface area contributed by atoms with Crippen LogP contribution in [0.25, 0.3) is 0 Å². The predicted molar refractivity (Wildman–Crippen MR) is 149 cm³/mol. The number of esters is 1. The number of allylic oxidation sites excluding steroid dienone is 1. The van der Waals surface area contributed by atoms with Gasteiger partial charge in [0.15, 0.2) is 0 Å². The number of rotatable bonds is 13. The number of likely N-dealkylation sites (tertiary alicyclic amines) is 1. The van der Waals surface area contributed by atoms with Gasteiger partial charge in [-0.3, -0.25) is 14.4 Å². The molecule has 2 amide bonds. The molecule has 1 aromatic carbocycles. The second kappa shape index (κ2) is 11.8. The lowest BCUT2D eigenvalue weighted by molar-refractivity contribution is -0.162. The first-order chi connectivity index (χ1) is 18.7. The van der Waals surface area contributed by atoms with E-state index in [-0.39, 0.29) is 31.6 Å². The summed E-state index contributed by atoms with van der Waals surface area (Å²) in [5, 5.41) is 10.6. The molecular formula is C30H39ClN2O6. The quantitative estimate of drug-likeness (QED) is 0.220. The lowest BCUT2D eigenvalue weighted by atomic mass is 9.65. The van der Waals surface area contributed by atoms with Crippen molar-refractivity contribution in [3.05, 3.63) is 54.6 Å². The number of fused-ring (bicyclic) bond motifs is 1. The van der Waals surface area contributed by atoms with Crippen LogP contribution in [0.2, 0.25) is 5.02 Å². The van der Waals surface area contributed by atoms with Gasteiger partial charge >= 0.3 is 5.97 Å². The Morgan fingerprint density at radius 1 is 1.26 bits per heavy atom. The minimum absolute atomic E-state index is 0.197. The highest BCUT2D eigenvalue weighted by Gasteiger charge is 2.79. The molecule has 0 aromatic heterocycles. The van der Waals surface area contributed by atoms with Crippen molar-refractivity contribution in [2.45, 2.75) is 75.7 Å². The van der Waals surface area contributed by atoms with Crippen molar-refractivity contribution in [2.24, 2.45) is 11.8 Å². The number of aliphatic hydroxyl groups excluding tert-OH is 1. The van der Waals surface area contributed by atoms with Crippen LogP contribution in [0.5, 0.6) is 0 Å². The standard InChI is InChI=1S/C30H39ClN2O6/c1-5-8-9-10-18-38-28(37)24-23-26(35)33(20(4)19-34)25(30(23)16-15-29(24,7-3)39-30)27(36)32(17-6-2)22-13-11-21(31)12-14-22/h5-6,11-14,20,23-25,34H,1-2,7-10,15-19H2,3-4H3/t20-,23+,24+,25?,29-,30?/m1/s1. The summed E-state index contributed by atoms with van der Waals surface area (Å²) in [6, 6.07) is 5.19. The Kier molecular flexibility index (Phi) is 8.88. The average Bonchev–Trinajstić information content (AvgIpc) is 3.55. The molecule has 3 aliphatic rings. The highest BCUT2D eigenvalue weighted by molar-refractivity contribution is 6.30. The average molecular weight is 559 g/mol. The van der Waals surface area contributed by atoms with Gasteiger partial charge in [-0.25, -0.2) is 0 Å². The van der Waals surface area contributed by atoms with Crippen molar-refractivity contribution in [1.82, 2.24) is 4.90 Å². The number of unbranched alkanes of at least 4 members (excludes halogenated alkanes) is 2. The van der Waals surface area contributed by atoms with E-state index < -0.39 is 41.1 Å². The van der Waals surface area contributed by atoms with Crippen molar-refractivity contribution in [3.63, 3.8) is 0 Å². The van der Waals surface area contributed by atoms with E-state index in [0.717, 1.165) is 12.8 Å². The Hall–Kier alpha value is -2.68. The molecule has 3 aliphatic heterocycles. The van der Waals surface area contributed by atoms with Crippen LogP contribution in [0.4, 0.5) is 5.69 Å². The van der Waals surface area contributed by atoms with Crippen molar-refractivity contribution in [3.8, 4) is 0 Å². The van der Waals surface area contributed by atoms with Crippen molar-refractivity contribution >= 4 is 35.1 Å². The maximum atomic E-state index is 14.4. The first-order valence-electron chi connectivity index (χ1n) is 13.8. The monoisotopic (exact) mass is 558 g/mol. The molecule has 0 radical (unpaired) electrons. The minimum Gasteiger partial charge on any atom is -0.465 e. The highest BCUT2D eigenvalue weighted by atomic mass is 35.5. The normalized spacial score (nSPS) is 29.7. The molecule has 1 aromatic rings. The molecule has 212 valence electrons. The lowest BCUT2D eigenvalue weighted by Gasteiger charge is -2.38. The summed E-state index contributed by atoms with van der Waals surface area (Å²) >= 11 is 6.09. The molecule has 0 aliphatic carbocycles. The van der Waals surface area contributed by atoms with Gasteiger partial charge in [0.1, 0.15) is 17.6 Å². The van der Waals surface area contributed by atoms with Gasteiger partial charge in [-0.15, -0.1) is 13.2 Å². The zero-order valence-corrected chi connectivity index (χ0v) is 23.6. The SMILES string of the molecule is C=CCCCCOC(=O)[C@@H]1[C@H]2C(=O)N([C@H](C)CO)C(C(=O)N(CC=C)c3ccc(Cl)cc3)C23CC[C@@]1(CC)O3. The summed E-state index contributed by atoms with van der Waals surface area (Å²) in [6.45, 7) is 11.3. The fourth-order valence-electron chi connectivity index (χ4n) is 6.73. The van der Waals surface area contributed by atoms with Crippen LogP contribution in [-0.4, -0.2) is 70.8 Å². The largest absolute Gasteiger partial charge is 0.465 e. The Balaban J connectivity index is 1.73. The summed E-state index contributed by atoms with van der Waals surface area (Å²) in [7, 11) is 0. The number of carbonyl (C=O) groups is 3. The van der Waals surface area contributed by atoms with Crippen molar-refractivity contribution in [2.75, 3.05) is 24.7 Å². The number of carbonyl (C=O) groups excluding carboxylic acids is 3. The summed E-state index contributed by atoms with van der Waals surface area (Å²) in [5.41, 5.74) is -1.48. The number of benzene rings is 1. The van der Waals surface area contributed by atoms with E-state index in [1.807, 2.05) is 13.0 Å². The van der Waals surface area contributed by atoms with Gasteiger partial charge < -0.3 is 24.4 Å². The molecule has 3 fully saturated rings. The number of amides is 2. The van der Waals surface area contributed by atoms with E-state index in [1.165, 1.54) is 4.90 Å². The highest BCUT2D eigenvalue weighted by Crippen LogP contribution is 2.64. The molecule has 8 nitrogen and oxygen atoms in total. The smallest absolute Gasteiger partial charge is 0.312 e. The third-order valence-corrected chi connectivity index (χ3v) is 8.86. The van der Waals surface area contributed by atoms with Gasteiger partial charge in [0, 0.05) is 17.3 Å². The van der Waals surface area contributed by atoms with Gasteiger partial charge in [0.25, 0.3) is 5.91 Å². The van der Waals surface area contributed by atoms with Crippen LogP contribution < -0.4 is 4.90 Å². The summed E-state index contributed by atoms with van der Waals surface area (Å²) in [6.07, 6.45) is 7.33. The van der Waals surface area contributed by atoms with Gasteiger partial charge in [-0.1, -0.05) is 30.7 Å². The molecule has 4 rings (SSSR count). The van der Waals surface area contributed by atoms with Gasteiger partial charge in [0.05, 0.1) is 30.8 Å². The number of ether oxygens (including phenoxy) is 2. The van der Waals surface area contributed by atoms with E-state index in [4.69, 9.17) is 21.1 Å². The number of hydrogen-bond acceptors (Lipinski definition) is 6. The molecule has 3 heterocycles. The molecule has 1 N–H and O–H groups in total. The molecular weight excluding hydrogens is 520 g/mol. The van der Waals surface area contributed by atoms with Crippen LogP contribution in [0.3, 0.4) is 0 Å². The number of anilines is 1. The van der Waals surface area contributed by atoms with Crippen molar-refractivity contribution < 1.29 is 29.0 Å². The summed E-state index contributed by atoms with van der Waals surface area (Å²) in [4.78, 5) is 45.1. The summed E-state index contributed by atoms with van der Waals surface area (Å²) < 4.78 is 12.5. The maximum Gasteiger partial charge on any atom is 0.312 e. The Labute approximate surface area is 235 Å². The predicted octanol–water partition coefficient (Wildman–Crippen LogP) is 4.29. The van der Waals surface area contributed by atoms with Crippen LogP contribution in [0.15, 0.2) is 49.6 Å². The number of aliphatic hydroxyl groups is 1. The molecule has 39 heavy (non-hydrogen) atoms. The third kappa shape index (κ3) is 4.92. The molecule has 6 atom stereocenters. The van der Waals surface area contributed by atoms with E-state index in [0.29, 0.717) is 36.4 Å². The van der Waals surface area contributed by atoms with E-state index in [9.17, 15) is 19.5 Å². The topological polar surface area (TPSA) is 96.4 Å². The van der Waals surface area contributed by atoms with E-state index in [1.54, 1.807) is 42.2 Å². The molecule has 0 saturated carbocycles. The molecule has 1 spiro atoms. The van der Waals surface area contributed by atoms with E-state index >= 15 is 0 Å². The minimum atomic E-state index is -1.20. The molecule has 9 heteroatoms. The third-order valence-electron chi connectivity index (χ3n) is 8.61. The lowest BCUT2D eigenvalue weighted by Crippen LogP contribution is -2.58. The van der Waals surface area contributed by atoms with Crippen molar-refractivity contribution in [1.29, 1.82) is 0 Å². The van der Waals surface area contributed by atoms with Gasteiger partial charge in [-0.05, 0) is 69.7 Å². The Morgan fingerprint density at radius 2 is 1.97 bits per heavy atom. The zero-order valence-electron chi connectivity index (χ0n) is 22.8. The van der Waals surface area contributed by atoms with Crippen LogP contribution in [-0.2, 0) is 23.9 Å². The number of hydrogen-bond donors (Lipinski definition) is 1. The number of halogens is 1. The summed E-state index contributed by atoms with van der Waals surface area (Å²) in [5.74, 6) is -2.85. The molecule has 3 saturated heterocycles. The van der Waals surface area contributed by atoms with Crippen LogP contribution in [0, 0.1) is 11.8 Å². The van der Waals surface area contributed by atoms with E-state index in [2.05, 4.69) is 13.2 Å². The Morgan fingerprint density at radius 3 is 2.59 bits per heavy atom. The van der Waals surface area contributed by atoms with Gasteiger partial charge in [0.2, 0.25) is 5.91 Å². The fourth-order valence-corrected chi connectivity index (χ4v) is 6.86. The maximum absolute atomic E-state index is 14.4. The van der Waals surface area contributed by atoms with Gasteiger partial charge in [-0.2, -0.15) is 0 Å². The van der Waals surface area contributed by atoms with Crippen LogP contribution in [0.1, 0.15) is 52.4 Å². The number of nitrogens with zero attached hydrogens (tertiary/aromatic N) is 2. The first-order valence-corrected chi connectivity index (χ1v) is 14.2. The van der Waals surface area contributed by atoms with Crippen LogP contribution >= 0.6 is 11.6 Å².